The van der Waals surface area contributed by atoms with Crippen molar-refractivity contribution in [1.82, 2.24) is 9.62 Å². The number of piperidine rings is 1. The van der Waals surface area contributed by atoms with Crippen molar-refractivity contribution < 1.29 is 13.2 Å². The standard InChI is InChI=1S/C16H27N3O3S2.ClH/c1-16(2,3)13-6-7-14(23-13)24(21,22)19-10-4-5-12(11-19)15(20)18-9-8-17;/h6-7,12H,4-5,8-11,17H2,1-3H3,(H,18,20);1H. The Morgan fingerprint density at radius 1 is 1.40 bits per heavy atom. The summed E-state index contributed by atoms with van der Waals surface area (Å²) in [4.78, 5) is 13.2. The third-order valence-electron chi connectivity index (χ3n) is 4.11. The van der Waals surface area contributed by atoms with Crippen molar-refractivity contribution in [2.24, 2.45) is 11.7 Å². The zero-order valence-electron chi connectivity index (χ0n) is 14.9. The van der Waals surface area contributed by atoms with Crippen LogP contribution in [0.4, 0.5) is 0 Å². The van der Waals surface area contributed by atoms with Crippen LogP contribution in [0.25, 0.3) is 0 Å². The Kier molecular flexibility index (Phi) is 7.89. The van der Waals surface area contributed by atoms with Crippen LogP contribution in [0.2, 0.25) is 0 Å². The highest BCUT2D eigenvalue weighted by Gasteiger charge is 2.34. The zero-order valence-corrected chi connectivity index (χ0v) is 17.4. The molecular formula is C16H28ClN3O3S2. The van der Waals surface area contributed by atoms with E-state index in [1.165, 1.54) is 15.6 Å². The van der Waals surface area contributed by atoms with Gasteiger partial charge in [-0.05, 0) is 30.4 Å². The molecule has 1 fully saturated rings. The second-order valence-corrected chi connectivity index (χ2v) is 10.4. The van der Waals surface area contributed by atoms with E-state index in [2.05, 4.69) is 26.1 Å². The summed E-state index contributed by atoms with van der Waals surface area (Å²) in [6.45, 7) is 7.69. The lowest BCUT2D eigenvalue weighted by molar-refractivity contribution is -0.126. The molecule has 1 aromatic heterocycles. The van der Waals surface area contributed by atoms with Crippen molar-refractivity contribution >= 4 is 39.7 Å². The number of hydrogen-bond acceptors (Lipinski definition) is 5. The molecule has 1 amide bonds. The molecule has 1 saturated heterocycles. The molecule has 1 aliphatic rings. The molecule has 1 aromatic rings. The number of carbonyl (C=O) groups excluding carboxylic acids is 1. The molecule has 2 rings (SSSR count). The maximum absolute atomic E-state index is 12.9. The monoisotopic (exact) mass is 409 g/mol. The number of sulfonamides is 1. The van der Waals surface area contributed by atoms with Gasteiger partial charge in [0.2, 0.25) is 5.91 Å². The Hall–Kier alpha value is -0.670. The molecule has 1 atom stereocenters. The highest BCUT2D eigenvalue weighted by molar-refractivity contribution is 7.91. The van der Waals surface area contributed by atoms with Gasteiger partial charge in [0.1, 0.15) is 4.21 Å². The number of carbonyl (C=O) groups is 1. The molecule has 0 aromatic carbocycles. The van der Waals surface area contributed by atoms with E-state index in [-0.39, 0.29) is 36.2 Å². The first-order valence-electron chi connectivity index (χ1n) is 8.24. The van der Waals surface area contributed by atoms with Crippen LogP contribution in [0, 0.1) is 5.92 Å². The van der Waals surface area contributed by atoms with Crippen molar-refractivity contribution in [3.05, 3.63) is 17.0 Å². The highest BCUT2D eigenvalue weighted by Crippen LogP contribution is 2.34. The fraction of sp³-hybridized carbons (Fsp3) is 0.688. The number of nitrogens with one attached hydrogen (secondary N) is 1. The lowest BCUT2D eigenvalue weighted by Crippen LogP contribution is -2.45. The molecule has 0 aliphatic carbocycles. The van der Waals surface area contributed by atoms with Gasteiger partial charge in [-0.2, -0.15) is 4.31 Å². The Balaban J connectivity index is 0.00000312. The number of halogens is 1. The quantitative estimate of drug-likeness (QED) is 0.777. The van der Waals surface area contributed by atoms with Gasteiger partial charge in [0, 0.05) is 31.1 Å². The van der Waals surface area contributed by atoms with Crippen molar-refractivity contribution in [2.45, 2.75) is 43.2 Å². The smallest absolute Gasteiger partial charge is 0.252 e. The Morgan fingerprint density at radius 2 is 2.08 bits per heavy atom. The van der Waals surface area contributed by atoms with Crippen LogP contribution in [0.1, 0.15) is 38.5 Å². The SMILES string of the molecule is CC(C)(C)c1ccc(S(=O)(=O)N2CCCC(C(=O)NCCN)C2)s1.Cl. The number of nitrogens with two attached hydrogens (primary N) is 1. The maximum Gasteiger partial charge on any atom is 0.252 e. The van der Waals surface area contributed by atoms with E-state index in [9.17, 15) is 13.2 Å². The molecule has 25 heavy (non-hydrogen) atoms. The summed E-state index contributed by atoms with van der Waals surface area (Å²) in [6.07, 6.45) is 1.40. The van der Waals surface area contributed by atoms with Gasteiger partial charge < -0.3 is 11.1 Å². The van der Waals surface area contributed by atoms with Gasteiger partial charge in [-0.3, -0.25) is 4.79 Å². The van der Waals surface area contributed by atoms with Crippen LogP contribution in [0.3, 0.4) is 0 Å². The first-order valence-corrected chi connectivity index (χ1v) is 10.5. The molecule has 0 bridgehead atoms. The molecule has 144 valence electrons. The normalized spacial score (nSPS) is 19.3. The molecule has 3 N–H and O–H groups in total. The average molecular weight is 410 g/mol. The Morgan fingerprint density at radius 3 is 2.64 bits per heavy atom. The van der Waals surface area contributed by atoms with Crippen LogP contribution in [-0.4, -0.2) is 44.8 Å². The van der Waals surface area contributed by atoms with E-state index < -0.39 is 10.0 Å². The predicted molar refractivity (Wildman–Crippen MR) is 104 cm³/mol. The van der Waals surface area contributed by atoms with E-state index >= 15 is 0 Å². The summed E-state index contributed by atoms with van der Waals surface area (Å²) in [5.74, 6) is -0.413. The van der Waals surface area contributed by atoms with Crippen molar-refractivity contribution in [1.29, 1.82) is 0 Å². The lowest BCUT2D eigenvalue weighted by Gasteiger charge is -2.30. The van der Waals surface area contributed by atoms with E-state index in [4.69, 9.17) is 5.73 Å². The number of rotatable bonds is 5. The van der Waals surface area contributed by atoms with Gasteiger partial charge in [-0.1, -0.05) is 20.8 Å². The van der Waals surface area contributed by atoms with Crippen LogP contribution >= 0.6 is 23.7 Å². The number of hydrogen-bond donors (Lipinski definition) is 2. The first kappa shape index (κ1) is 22.4. The fourth-order valence-corrected chi connectivity index (χ4v) is 5.75. The summed E-state index contributed by atoms with van der Waals surface area (Å²) < 4.78 is 27.6. The third kappa shape index (κ3) is 5.40. The van der Waals surface area contributed by atoms with E-state index in [0.29, 0.717) is 36.7 Å². The van der Waals surface area contributed by atoms with Crippen molar-refractivity contribution in [3.63, 3.8) is 0 Å². The van der Waals surface area contributed by atoms with Crippen LogP contribution in [-0.2, 0) is 20.2 Å². The average Bonchev–Trinajstić information content (AvgIpc) is 3.03. The summed E-state index contributed by atoms with van der Waals surface area (Å²) in [5, 5.41) is 2.76. The second kappa shape index (κ2) is 8.81. The minimum atomic E-state index is -3.54. The molecular weight excluding hydrogens is 382 g/mol. The van der Waals surface area contributed by atoms with Gasteiger partial charge in [0.05, 0.1) is 5.92 Å². The number of amides is 1. The molecule has 9 heteroatoms. The van der Waals surface area contributed by atoms with E-state index in [1.54, 1.807) is 6.07 Å². The fourth-order valence-electron chi connectivity index (χ4n) is 2.70. The van der Waals surface area contributed by atoms with Crippen LogP contribution in [0.15, 0.2) is 16.3 Å². The molecule has 0 saturated carbocycles. The van der Waals surface area contributed by atoms with Crippen LogP contribution < -0.4 is 11.1 Å². The molecule has 0 spiro atoms. The Bertz CT molecular complexity index is 683. The largest absolute Gasteiger partial charge is 0.355 e. The first-order chi connectivity index (χ1) is 11.2. The molecule has 6 nitrogen and oxygen atoms in total. The molecule has 0 radical (unpaired) electrons. The van der Waals surface area contributed by atoms with E-state index in [1.807, 2.05) is 6.07 Å². The minimum absolute atomic E-state index is 0. The van der Waals surface area contributed by atoms with E-state index in [0.717, 1.165) is 4.88 Å². The molecule has 1 aliphatic heterocycles. The Labute approximate surface area is 160 Å². The molecule has 1 unspecified atom stereocenters. The van der Waals surface area contributed by atoms with Gasteiger partial charge >= 0.3 is 0 Å². The predicted octanol–water partition coefficient (Wildman–Crippen LogP) is 1.94. The van der Waals surface area contributed by atoms with Gasteiger partial charge in [-0.15, -0.1) is 23.7 Å². The second-order valence-electron chi connectivity index (χ2n) is 7.15. The third-order valence-corrected chi connectivity index (χ3v) is 7.96. The topological polar surface area (TPSA) is 92.5 Å². The maximum atomic E-state index is 12.9. The van der Waals surface area contributed by atoms with Gasteiger partial charge in [0.15, 0.2) is 0 Å². The summed E-state index contributed by atoms with van der Waals surface area (Å²) in [5.41, 5.74) is 5.32. The van der Waals surface area contributed by atoms with Gasteiger partial charge in [0.25, 0.3) is 10.0 Å². The lowest BCUT2D eigenvalue weighted by atomic mass is 9.95. The number of thiophene rings is 1. The molecule has 2 heterocycles. The van der Waals surface area contributed by atoms with Crippen molar-refractivity contribution in [2.75, 3.05) is 26.2 Å². The highest BCUT2D eigenvalue weighted by atomic mass is 35.5. The van der Waals surface area contributed by atoms with Crippen LogP contribution in [0.5, 0.6) is 0 Å². The van der Waals surface area contributed by atoms with Gasteiger partial charge in [-0.25, -0.2) is 8.42 Å². The zero-order chi connectivity index (χ0) is 18.0. The van der Waals surface area contributed by atoms with Crippen molar-refractivity contribution in [3.8, 4) is 0 Å². The summed E-state index contributed by atoms with van der Waals surface area (Å²) in [6, 6.07) is 3.56. The minimum Gasteiger partial charge on any atom is -0.355 e. The summed E-state index contributed by atoms with van der Waals surface area (Å²) in [7, 11) is -3.54. The summed E-state index contributed by atoms with van der Waals surface area (Å²) >= 11 is 1.32. The number of nitrogens with zero attached hydrogens (tertiary/aromatic N) is 1.